The van der Waals surface area contributed by atoms with Gasteiger partial charge in [-0.25, -0.2) is 9.59 Å². The van der Waals surface area contributed by atoms with Gasteiger partial charge >= 0.3 is 12.2 Å². The van der Waals surface area contributed by atoms with Crippen LogP contribution in [0.3, 0.4) is 0 Å². The number of carbonyl (C=O) groups excluding carboxylic acids is 2. The molecular weight excluding hydrogens is 356 g/mol. The van der Waals surface area contributed by atoms with Crippen molar-refractivity contribution in [2.75, 3.05) is 18.0 Å². The minimum atomic E-state index is -0.618. The number of fused-ring (bicyclic) bond motifs is 1. The zero-order chi connectivity index (χ0) is 19.7. The number of anilines is 1. The van der Waals surface area contributed by atoms with Crippen LogP contribution in [0.5, 0.6) is 0 Å². The molecule has 0 aromatic heterocycles. The smallest absolute Gasteiger partial charge is 0.414 e. The maximum absolute atomic E-state index is 12.7. The standard InChI is InChI=1S/C19H27ClN2O4/c1-18(2,3)25-16(23)21-9-10-22(17(24)26-19(4,5)6)15-11-14(20)8-7-13(15)12-21/h7-8,11H,9-10,12H2,1-6H3. The van der Waals surface area contributed by atoms with E-state index in [0.717, 1.165) is 5.56 Å². The van der Waals surface area contributed by atoms with E-state index in [1.165, 1.54) is 4.90 Å². The quantitative estimate of drug-likeness (QED) is 0.644. The average Bonchev–Trinajstić information content (AvgIpc) is 2.62. The monoisotopic (exact) mass is 382 g/mol. The van der Waals surface area contributed by atoms with Crippen molar-refractivity contribution in [2.45, 2.75) is 59.3 Å². The number of rotatable bonds is 0. The zero-order valence-corrected chi connectivity index (χ0v) is 17.0. The summed E-state index contributed by atoms with van der Waals surface area (Å²) in [5.74, 6) is 0. The van der Waals surface area contributed by atoms with E-state index in [2.05, 4.69) is 0 Å². The van der Waals surface area contributed by atoms with Crippen LogP contribution in [0.25, 0.3) is 0 Å². The number of benzene rings is 1. The van der Waals surface area contributed by atoms with Gasteiger partial charge in [-0.1, -0.05) is 17.7 Å². The molecule has 144 valence electrons. The number of hydrogen-bond acceptors (Lipinski definition) is 4. The van der Waals surface area contributed by atoms with Gasteiger partial charge < -0.3 is 14.4 Å². The third-order valence-electron chi connectivity index (χ3n) is 3.56. The topological polar surface area (TPSA) is 59.1 Å². The predicted molar refractivity (Wildman–Crippen MR) is 102 cm³/mol. The second-order valence-electron chi connectivity index (χ2n) is 8.31. The van der Waals surface area contributed by atoms with Gasteiger partial charge in [-0.2, -0.15) is 0 Å². The molecule has 0 radical (unpaired) electrons. The minimum Gasteiger partial charge on any atom is -0.444 e. The van der Waals surface area contributed by atoms with Crippen LogP contribution in [0.1, 0.15) is 47.1 Å². The van der Waals surface area contributed by atoms with Crippen molar-refractivity contribution in [1.29, 1.82) is 0 Å². The van der Waals surface area contributed by atoms with Crippen molar-refractivity contribution in [3.05, 3.63) is 28.8 Å². The summed E-state index contributed by atoms with van der Waals surface area (Å²) in [7, 11) is 0. The molecule has 0 N–H and O–H groups in total. The lowest BCUT2D eigenvalue weighted by Gasteiger charge is -2.28. The largest absolute Gasteiger partial charge is 0.444 e. The molecule has 0 unspecified atom stereocenters. The molecule has 0 spiro atoms. The Morgan fingerprint density at radius 1 is 0.962 bits per heavy atom. The summed E-state index contributed by atoms with van der Waals surface area (Å²) in [6.07, 6.45) is -0.878. The summed E-state index contributed by atoms with van der Waals surface area (Å²) in [6, 6.07) is 5.28. The van der Waals surface area contributed by atoms with Crippen LogP contribution in [0, 0.1) is 0 Å². The zero-order valence-electron chi connectivity index (χ0n) is 16.3. The molecule has 0 bridgehead atoms. The van der Waals surface area contributed by atoms with Crippen LogP contribution in [-0.2, 0) is 16.0 Å². The van der Waals surface area contributed by atoms with Gasteiger partial charge in [0.25, 0.3) is 0 Å². The Morgan fingerprint density at radius 3 is 2.12 bits per heavy atom. The van der Waals surface area contributed by atoms with Gasteiger partial charge in [-0.3, -0.25) is 4.90 Å². The molecular formula is C19H27ClN2O4. The maximum Gasteiger partial charge on any atom is 0.414 e. The first-order valence-corrected chi connectivity index (χ1v) is 9.00. The third kappa shape index (κ3) is 5.53. The van der Waals surface area contributed by atoms with E-state index in [1.807, 2.05) is 47.6 Å². The molecule has 2 rings (SSSR count). The van der Waals surface area contributed by atoms with E-state index in [-0.39, 0.29) is 0 Å². The van der Waals surface area contributed by atoms with Gasteiger partial charge in [0.1, 0.15) is 11.2 Å². The first-order chi connectivity index (χ1) is 11.9. The summed E-state index contributed by atoms with van der Waals surface area (Å²) in [6.45, 7) is 11.9. The van der Waals surface area contributed by atoms with Gasteiger partial charge in [0.2, 0.25) is 0 Å². The third-order valence-corrected chi connectivity index (χ3v) is 3.79. The Bertz CT molecular complexity index is 692. The van der Waals surface area contributed by atoms with Crippen LogP contribution in [0.4, 0.5) is 15.3 Å². The van der Waals surface area contributed by atoms with Crippen molar-refractivity contribution in [2.24, 2.45) is 0 Å². The number of hydrogen-bond donors (Lipinski definition) is 0. The molecule has 6 nitrogen and oxygen atoms in total. The number of ether oxygens (including phenoxy) is 2. The lowest BCUT2D eigenvalue weighted by Crippen LogP contribution is -2.42. The van der Waals surface area contributed by atoms with E-state index in [0.29, 0.717) is 30.3 Å². The molecule has 26 heavy (non-hydrogen) atoms. The minimum absolute atomic E-state index is 0.293. The van der Waals surface area contributed by atoms with Crippen molar-refractivity contribution >= 4 is 29.5 Å². The summed E-state index contributed by atoms with van der Waals surface area (Å²) >= 11 is 6.14. The predicted octanol–water partition coefficient (Wildman–Crippen LogP) is 4.83. The molecule has 1 aliphatic heterocycles. The van der Waals surface area contributed by atoms with Crippen molar-refractivity contribution in [1.82, 2.24) is 4.90 Å². The lowest BCUT2D eigenvalue weighted by atomic mass is 10.1. The molecule has 1 aliphatic rings. The van der Waals surface area contributed by atoms with Crippen molar-refractivity contribution < 1.29 is 19.1 Å². The van der Waals surface area contributed by atoms with Crippen LogP contribution < -0.4 is 4.90 Å². The average molecular weight is 383 g/mol. The Kier molecular flexibility index (Phi) is 5.76. The van der Waals surface area contributed by atoms with E-state index in [1.54, 1.807) is 17.0 Å². The van der Waals surface area contributed by atoms with Gasteiger partial charge in [0, 0.05) is 18.1 Å². The normalized spacial score (nSPS) is 15.2. The molecule has 0 atom stereocenters. The fourth-order valence-electron chi connectivity index (χ4n) is 2.54. The van der Waals surface area contributed by atoms with Gasteiger partial charge in [-0.05, 0) is 59.2 Å². The Morgan fingerprint density at radius 2 is 1.54 bits per heavy atom. The SMILES string of the molecule is CC(C)(C)OC(=O)N1CCN(C(=O)OC(C)(C)C)c2cc(Cl)ccc2C1. The van der Waals surface area contributed by atoms with Gasteiger partial charge in [0.15, 0.2) is 0 Å². The lowest BCUT2D eigenvalue weighted by molar-refractivity contribution is 0.0238. The summed E-state index contributed by atoms with van der Waals surface area (Å²) in [4.78, 5) is 28.3. The van der Waals surface area contributed by atoms with Crippen LogP contribution in [0.2, 0.25) is 5.02 Å². The number of carbonyl (C=O) groups is 2. The number of amides is 2. The molecule has 0 saturated carbocycles. The van der Waals surface area contributed by atoms with E-state index in [4.69, 9.17) is 21.1 Å². The highest BCUT2D eigenvalue weighted by molar-refractivity contribution is 6.31. The second-order valence-corrected chi connectivity index (χ2v) is 8.74. The Labute approximate surface area is 160 Å². The molecule has 1 aromatic carbocycles. The molecule has 2 amide bonds. The van der Waals surface area contributed by atoms with Gasteiger partial charge in [0.05, 0.1) is 12.2 Å². The van der Waals surface area contributed by atoms with Crippen LogP contribution in [-0.4, -0.2) is 41.4 Å². The van der Waals surface area contributed by atoms with E-state index in [9.17, 15) is 9.59 Å². The van der Waals surface area contributed by atoms with E-state index < -0.39 is 23.4 Å². The first-order valence-electron chi connectivity index (χ1n) is 8.62. The molecule has 0 fully saturated rings. The van der Waals surface area contributed by atoms with Crippen LogP contribution >= 0.6 is 11.6 Å². The molecule has 0 saturated heterocycles. The van der Waals surface area contributed by atoms with Gasteiger partial charge in [-0.15, -0.1) is 0 Å². The highest BCUT2D eigenvalue weighted by atomic mass is 35.5. The van der Waals surface area contributed by atoms with Crippen LogP contribution in [0.15, 0.2) is 18.2 Å². The Balaban J connectivity index is 2.31. The molecule has 1 aromatic rings. The summed E-state index contributed by atoms with van der Waals surface area (Å²) in [5, 5.41) is 0.517. The first kappa shape index (κ1) is 20.4. The number of halogens is 1. The number of nitrogens with zero attached hydrogens (tertiary/aromatic N) is 2. The fraction of sp³-hybridized carbons (Fsp3) is 0.579. The molecule has 1 heterocycles. The fourth-order valence-corrected chi connectivity index (χ4v) is 2.70. The second kappa shape index (κ2) is 7.35. The van der Waals surface area contributed by atoms with Crippen molar-refractivity contribution in [3.63, 3.8) is 0 Å². The van der Waals surface area contributed by atoms with Crippen molar-refractivity contribution in [3.8, 4) is 0 Å². The highest BCUT2D eigenvalue weighted by Gasteiger charge is 2.31. The highest BCUT2D eigenvalue weighted by Crippen LogP contribution is 2.30. The Hall–Kier alpha value is -1.95. The van der Waals surface area contributed by atoms with E-state index >= 15 is 0 Å². The summed E-state index contributed by atoms with van der Waals surface area (Å²) < 4.78 is 11.0. The maximum atomic E-state index is 12.7. The molecule has 7 heteroatoms. The molecule has 0 aliphatic carbocycles. The summed E-state index contributed by atoms with van der Waals surface area (Å²) in [5.41, 5.74) is 0.255.